The first-order valence-electron chi connectivity index (χ1n) is 11.5. The maximum atomic E-state index is 5.55. The molecule has 0 aromatic carbocycles. The molecule has 9 nitrogen and oxygen atoms in total. The molecule has 0 unspecified atom stereocenters. The van der Waals surface area contributed by atoms with E-state index in [-0.39, 0.29) is 0 Å². The van der Waals surface area contributed by atoms with Crippen LogP contribution in [-0.2, 0) is 9.47 Å². The Kier molecular flexibility index (Phi) is 12.4. The van der Waals surface area contributed by atoms with Gasteiger partial charge in [0, 0.05) is 26.2 Å². The molecule has 1 saturated carbocycles. The van der Waals surface area contributed by atoms with Gasteiger partial charge >= 0.3 is 0 Å². The third-order valence-corrected chi connectivity index (χ3v) is 5.08. The fraction of sp³-hybridized carbons (Fsp3) is 0.857. The molecule has 30 heavy (non-hydrogen) atoms. The Hall–Kier alpha value is -1.71. The fourth-order valence-electron chi connectivity index (χ4n) is 3.35. The summed E-state index contributed by atoms with van der Waals surface area (Å²) < 4.78 is 10.8. The van der Waals surface area contributed by atoms with Crippen molar-refractivity contribution >= 4 is 17.8 Å². The van der Waals surface area contributed by atoms with E-state index in [0.717, 1.165) is 19.5 Å². The van der Waals surface area contributed by atoms with E-state index in [1.807, 2.05) is 0 Å². The molecule has 1 aliphatic rings. The van der Waals surface area contributed by atoms with Crippen molar-refractivity contribution in [1.29, 1.82) is 0 Å². The minimum absolute atomic E-state index is 0.533. The summed E-state index contributed by atoms with van der Waals surface area (Å²) in [7, 11) is 0. The molecule has 1 aliphatic carbocycles. The van der Waals surface area contributed by atoms with Crippen LogP contribution in [0.3, 0.4) is 0 Å². The first-order valence-corrected chi connectivity index (χ1v) is 11.5. The number of aromatic nitrogens is 3. The van der Waals surface area contributed by atoms with Crippen molar-refractivity contribution in [2.24, 2.45) is 17.6 Å². The summed E-state index contributed by atoms with van der Waals surface area (Å²) in [5.41, 5.74) is 5.38. The molecule has 1 aromatic heterocycles. The van der Waals surface area contributed by atoms with E-state index in [0.29, 0.717) is 69.2 Å². The molecule has 0 amide bonds. The largest absolute Gasteiger partial charge is 0.378 e. The van der Waals surface area contributed by atoms with Crippen molar-refractivity contribution in [1.82, 2.24) is 15.0 Å². The van der Waals surface area contributed by atoms with Gasteiger partial charge in [-0.25, -0.2) is 0 Å². The zero-order valence-corrected chi connectivity index (χ0v) is 18.8. The van der Waals surface area contributed by atoms with Crippen molar-refractivity contribution in [2.45, 2.75) is 52.4 Å². The van der Waals surface area contributed by atoms with E-state index < -0.39 is 0 Å². The molecule has 0 atom stereocenters. The lowest BCUT2D eigenvalue weighted by atomic mass is 9.89. The Morgan fingerprint density at radius 3 is 2.07 bits per heavy atom. The van der Waals surface area contributed by atoms with Crippen molar-refractivity contribution in [3.05, 3.63) is 0 Å². The van der Waals surface area contributed by atoms with Gasteiger partial charge in [-0.15, -0.1) is 0 Å². The molecule has 0 radical (unpaired) electrons. The van der Waals surface area contributed by atoms with E-state index >= 15 is 0 Å². The number of hydrogen-bond acceptors (Lipinski definition) is 9. The lowest BCUT2D eigenvalue weighted by Gasteiger charge is -2.21. The van der Waals surface area contributed by atoms with E-state index in [9.17, 15) is 0 Å². The Bertz CT molecular complexity index is 568. The van der Waals surface area contributed by atoms with Crippen LogP contribution in [0.4, 0.5) is 17.8 Å². The number of nitrogens with two attached hydrogens (primary N) is 1. The third-order valence-electron chi connectivity index (χ3n) is 5.08. The van der Waals surface area contributed by atoms with Gasteiger partial charge in [0.1, 0.15) is 0 Å². The smallest absolute Gasteiger partial charge is 0.229 e. The average molecular weight is 424 g/mol. The zero-order valence-electron chi connectivity index (χ0n) is 18.8. The van der Waals surface area contributed by atoms with Crippen molar-refractivity contribution in [2.75, 3.05) is 68.6 Å². The second kappa shape index (κ2) is 15.1. The maximum Gasteiger partial charge on any atom is 0.229 e. The number of anilines is 3. The van der Waals surface area contributed by atoms with Crippen LogP contribution in [0.1, 0.15) is 52.4 Å². The summed E-state index contributed by atoms with van der Waals surface area (Å²) in [5.74, 6) is 3.13. The highest BCUT2D eigenvalue weighted by molar-refractivity contribution is 5.42. The first kappa shape index (κ1) is 24.6. The van der Waals surface area contributed by atoms with Crippen molar-refractivity contribution in [3.63, 3.8) is 0 Å². The quantitative estimate of drug-likeness (QED) is 0.297. The standard InChI is InChI=1S/C21H41N7O2/c1-17(2)8-10-23-19-26-20(24-11-13-30-15-14-29-12-9-22)28-21(27-19)25-16-18-6-4-3-5-7-18/h17-18H,3-16,22H2,1-2H3,(H3,23,24,25,26,27,28). The number of ether oxygens (including phenoxy) is 2. The SMILES string of the molecule is CC(C)CCNc1nc(NCCOCCOCCN)nc(NCC2CCCCC2)n1. The molecule has 1 fully saturated rings. The maximum absolute atomic E-state index is 5.55. The van der Waals surface area contributed by atoms with Crippen LogP contribution in [0.5, 0.6) is 0 Å². The van der Waals surface area contributed by atoms with Crippen LogP contribution in [0.2, 0.25) is 0 Å². The number of nitrogens with zero attached hydrogens (tertiary/aromatic N) is 3. The van der Waals surface area contributed by atoms with Gasteiger partial charge in [0.15, 0.2) is 0 Å². The van der Waals surface area contributed by atoms with Gasteiger partial charge in [-0.05, 0) is 31.1 Å². The molecule has 1 aromatic rings. The molecule has 172 valence electrons. The van der Waals surface area contributed by atoms with Gasteiger partial charge in [-0.3, -0.25) is 0 Å². The Labute approximate surface area is 181 Å². The van der Waals surface area contributed by atoms with Crippen LogP contribution >= 0.6 is 0 Å². The first-order chi connectivity index (χ1) is 14.7. The molecule has 0 saturated heterocycles. The molecule has 5 N–H and O–H groups in total. The lowest BCUT2D eigenvalue weighted by molar-refractivity contribution is 0.0547. The highest BCUT2D eigenvalue weighted by atomic mass is 16.5. The number of hydrogen-bond donors (Lipinski definition) is 4. The Morgan fingerprint density at radius 1 is 0.833 bits per heavy atom. The average Bonchev–Trinajstić information content (AvgIpc) is 2.74. The topological polar surface area (TPSA) is 119 Å². The Morgan fingerprint density at radius 2 is 1.43 bits per heavy atom. The van der Waals surface area contributed by atoms with Gasteiger partial charge in [0.2, 0.25) is 17.8 Å². The minimum atomic E-state index is 0.533. The van der Waals surface area contributed by atoms with Crippen LogP contribution in [0.25, 0.3) is 0 Å². The number of nitrogens with one attached hydrogen (secondary N) is 3. The predicted octanol–water partition coefficient (Wildman–Crippen LogP) is 2.73. The second-order valence-electron chi connectivity index (χ2n) is 8.24. The minimum Gasteiger partial charge on any atom is -0.378 e. The van der Waals surface area contributed by atoms with Crippen molar-refractivity contribution in [3.8, 4) is 0 Å². The molecule has 0 bridgehead atoms. The monoisotopic (exact) mass is 423 g/mol. The number of rotatable bonds is 16. The van der Waals surface area contributed by atoms with E-state index in [1.54, 1.807) is 0 Å². The van der Waals surface area contributed by atoms with Crippen LogP contribution in [0.15, 0.2) is 0 Å². The molecule has 0 spiro atoms. The molecule has 9 heteroatoms. The fourth-order valence-corrected chi connectivity index (χ4v) is 3.35. The highest BCUT2D eigenvalue weighted by Crippen LogP contribution is 2.23. The van der Waals surface area contributed by atoms with Crippen LogP contribution < -0.4 is 21.7 Å². The summed E-state index contributed by atoms with van der Waals surface area (Å²) in [6.45, 7) is 9.56. The highest BCUT2D eigenvalue weighted by Gasteiger charge is 2.14. The van der Waals surface area contributed by atoms with Gasteiger partial charge < -0.3 is 31.2 Å². The van der Waals surface area contributed by atoms with Crippen LogP contribution in [0, 0.1) is 11.8 Å². The van der Waals surface area contributed by atoms with E-state index in [1.165, 1.54) is 32.1 Å². The molecule has 0 aliphatic heterocycles. The second-order valence-corrected chi connectivity index (χ2v) is 8.24. The third kappa shape index (κ3) is 10.9. The normalized spacial score (nSPS) is 14.8. The molecular weight excluding hydrogens is 382 g/mol. The molecule has 2 rings (SSSR count). The van der Waals surface area contributed by atoms with Gasteiger partial charge in [-0.1, -0.05) is 33.1 Å². The lowest BCUT2D eigenvalue weighted by Crippen LogP contribution is -2.20. The van der Waals surface area contributed by atoms with Crippen LogP contribution in [-0.4, -0.2) is 67.6 Å². The van der Waals surface area contributed by atoms with Gasteiger partial charge in [-0.2, -0.15) is 15.0 Å². The van der Waals surface area contributed by atoms with E-state index in [4.69, 9.17) is 15.2 Å². The summed E-state index contributed by atoms with van der Waals surface area (Å²) >= 11 is 0. The Balaban J connectivity index is 1.81. The van der Waals surface area contributed by atoms with Gasteiger partial charge in [0.25, 0.3) is 0 Å². The predicted molar refractivity (Wildman–Crippen MR) is 122 cm³/mol. The summed E-state index contributed by atoms with van der Waals surface area (Å²) in [6.07, 6.45) is 7.66. The molecular formula is C21H41N7O2. The summed E-state index contributed by atoms with van der Waals surface area (Å²) in [6, 6.07) is 0. The summed E-state index contributed by atoms with van der Waals surface area (Å²) in [5, 5.41) is 9.99. The van der Waals surface area contributed by atoms with E-state index in [2.05, 4.69) is 44.7 Å². The van der Waals surface area contributed by atoms with Gasteiger partial charge in [0.05, 0.1) is 26.4 Å². The molecule has 1 heterocycles. The zero-order chi connectivity index (χ0) is 21.4. The summed E-state index contributed by atoms with van der Waals surface area (Å²) in [4.78, 5) is 13.6. The van der Waals surface area contributed by atoms with Crippen molar-refractivity contribution < 1.29 is 9.47 Å².